The zero-order valence-electron chi connectivity index (χ0n) is 10.5. The Morgan fingerprint density at radius 3 is 2.61 bits per heavy atom. The van der Waals surface area contributed by atoms with Crippen molar-refractivity contribution in [3.05, 3.63) is 34.2 Å². The summed E-state index contributed by atoms with van der Waals surface area (Å²) in [5.74, 6) is -0.0603. The number of rotatable bonds is 4. The largest absolute Gasteiger partial charge is 0.349 e. The van der Waals surface area contributed by atoms with Gasteiger partial charge in [-0.25, -0.2) is 0 Å². The molecular weight excluding hydrogens is 266 g/mol. The molecule has 0 saturated heterocycles. The molecule has 18 heavy (non-hydrogen) atoms. The fourth-order valence-electron chi connectivity index (χ4n) is 1.90. The second kappa shape index (κ2) is 5.72. The molecule has 0 saturated carbocycles. The van der Waals surface area contributed by atoms with Crippen LogP contribution in [-0.2, 0) is 0 Å². The number of hydrogen-bond donors (Lipinski definition) is 1. The number of hydrogen-bond acceptors (Lipinski definition) is 2. The van der Waals surface area contributed by atoms with E-state index in [0.717, 1.165) is 22.9 Å². The third kappa shape index (κ3) is 2.52. The first-order chi connectivity index (χ1) is 8.67. The lowest BCUT2D eigenvalue weighted by Crippen LogP contribution is -2.33. The maximum atomic E-state index is 12.2. The number of thiophene rings is 1. The van der Waals surface area contributed by atoms with Gasteiger partial charge in [-0.15, -0.1) is 11.3 Å². The van der Waals surface area contributed by atoms with Crippen LogP contribution in [0.25, 0.3) is 10.1 Å². The first kappa shape index (κ1) is 13.4. The van der Waals surface area contributed by atoms with Gasteiger partial charge in [-0.1, -0.05) is 43.6 Å². The van der Waals surface area contributed by atoms with Crippen LogP contribution < -0.4 is 5.32 Å². The SMILES string of the molecule is CCC(CC)NC(=O)c1sc2ccccc2c1Cl. The van der Waals surface area contributed by atoms with E-state index < -0.39 is 0 Å². The molecule has 0 bridgehead atoms. The van der Waals surface area contributed by atoms with Gasteiger partial charge in [0.15, 0.2) is 0 Å². The number of benzene rings is 1. The molecule has 0 aliphatic heterocycles. The summed E-state index contributed by atoms with van der Waals surface area (Å²) in [6.45, 7) is 4.14. The van der Waals surface area contributed by atoms with Crippen LogP contribution in [-0.4, -0.2) is 11.9 Å². The summed E-state index contributed by atoms with van der Waals surface area (Å²) in [5, 5.41) is 4.55. The normalized spacial score (nSPS) is 11.1. The third-order valence-electron chi connectivity index (χ3n) is 3.06. The minimum absolute atomic E-state index is 0.0603. The van der Waals surface area contributed by atoms with Crippen molar-refractivity contribution < 1.29 is 4.79 Å². The van der Waals surface area contributed by atoms with E-state index >= 15 is 0 Å². The summed E-state index contributed by atoms with van der Waals surface area (Å²) in [7, 11) is 0. The van der Waals surface area contributed by atoms with E-state index in [4.69, 9.17) is 11.6 Å². The molecule has 0 fully saturated rings. The molecule has 0 aliphatic rings. The van der Waals surface area contributed by atoms with Crippen molar-refractivity contribution in [3.63, 3.8) is 0 Å². The fourth-order valence-corrected chi connectivity index (χ4v) is 3.32. The van der Waals surface area contributed by atoms with Gasteiger partial charge in [0.25, 0.3) is 5.91 Å². The van der Waals surface area contributed by atoms with Gasteiger partial charge in [0.05, 0.1) is 5.02 Å². The number of carbonyl (C=O) groups is 1. The number of fused-ring (bicyclic) bond motifs is 1. The van der Waals surface area contributed by atoms with Crippen LogP contribution in [0, 0.1) is 0 Å². The van der Waals surface area contributed by atoms with E-state index in [1.165, 1.54) is 11.3 Å². The molecule has 1 aromatic heterocycles. The van der Waals surface area contributed by atoms with Crippen molar-refractivity contribution in [2.45, 2.75) is 32.7 Å². The number of nitrogens with one attached hydrogen (secondary N) is 1. The Bertz CT molecular complexity index is 560. The van der Waals surface area contributed by atoms with Gasteiger partial charge in [-0.3, -0.25) is 4.79 Å². The van der Waals surface area contributed by atoms with Crippen LogP contribution in [0.5, 0.6) is 0 Å². The Morgan fingerprint density at radius 2 is 2.00 bits per heavy atom. The molecule has 0 spiro atoms. The molecule has 2 nitrogen and oxygen atoms in total. The van der Waals surface area contributed by atoms with E-state index in [1.54, 1.807) is 0 Å². The Labute approximate surface area is 116 Å². The minimum atomic E-state index is -0.0603. The molecule has 1 N–H and O–H groups in total. The van der Waals surface area contributed by atoms with Gasteiger partial charge >= 0.3 is 0 Å². The van der Waals surface area contributed by atoms with Gasteiger partial charge in [0, 0.05) is 16.1 Å². The molecule has 2 rings (SSSR count). The lowest BCUT2D eigenvalue weighted by Gasteiger charge is -2.13. The van der Waals surface area contributed by atoms with Gasteiger partial charge < -0.3 is 5.32 Å². The van der Waals surface area contributed by atoms with E-state index in [1.807, 2.05) is 24.3 Å². The second-order valence-electron chi connectivity index (χ2n) is 4.23. The second-order valence-corrected chi connectivity index (χ2v) is 5.66. The highest BCUT2D eigenvalue weighted by molar-refractivity contribution is 7.21. The molecule has 4 heteroatoms. The highest BCUT2D eigenvalue weighted by Gasteiger charge is 2.18. The van der Waals surface area contributed by atoms with Crippen LogP contribution in [0.4, 0.5) is 0 Å². The van der Waals surface area contributed by atoms with Crippen molar-refractivity contribution in [1.82, 2.24) is 5.32 Å². The summed E-state index contributed by atoms with van der Waals surface area (Å²) >= 11 is 7.72. The standard InChI is InChI=1S/C14H16ClNOS/c1-3-9(4-2)16-14(17)13-12(15)10-7-5-6-8-11(10)18-13/h5-9H,3-4H2,1-2H3,(H,16,17). The maximum absolute atomic E-state index is 12.2. The molecule has 96 valence electrons. The van der Waals surface area contributed by atoms with E-state index in [2.05, 4.69) is 19.2 Å². The molecule has 2 aromatic rings. The highest BCUT2D eigenvalue weighted by Crippen LogP contribution is 2.35. The topological polar surface area (TPSA) is 29.1 Å². The first-order valence-electron chi connectivity index (χ1n) is 6.15. The summed E-state index contributed by atoms with van der Waals surface area (Å²) in [6, 6.07) is 8.04. The van der Waals surface area contributed by atoms with Crippen molar-refractivity contribution in [1.29, 1.82) is 0 Å². The third-order valence-corrected chi connectivity index (χ3v) is 4.74. The molecule has 0 aliphatic carbocycles. The predicted octanol–water partition coefficient (Wildman–Crippen LogP) is 4.47. The average Bonchev–Trinajstić information content (AvgIpc) is 2.74. The molecule has 1 heterocycles. The Hall–Kier alpha value is -1.06. The van der Waals surface area contributed by atoms with Gasteiger partial charge in [0.1, 0.15) is 4.88 Å². The average molecular weight is 282 g/mol. The summed E-state index contributed by atoms with van der Waals surface area (Å²) in [5.41, 5.74) is 0. The van der Waals surface area contributed by atoms with E-state index in [0.29, 0.717) is 9.90 Å². The van der Waals surface area contributed by atoms with E-state index in [-0.39, 0.29) is 11.9 Å². The van der Waals surface area contributed by atoms with Crippen molar-refractivity contribution >= 4 is 38.9 Å². The quantitative estimate of drug-likeness (QED) is 0.880. The smallest absolute Gasteiger partial charge is 0.263 e. The molecule has 1 amide bonds. The Kier molecular flexibility index (Phi) is 4.25. The molecule has 0 unspecified atom stereocenters. The van der Waals surface area contributed by atoms with Crippen LogP contribution in [0.15, 0.2) is 24.3 Å². The first-order valence-corrected chi connectivity index (χ1v) is 7.34. The van der Waals surface area contributed by atoms with Crippen molar-refractivity contribution in [3.8, 4) is 0 Å². The van der Waals surface area contributed by atoms with Gasteiger partial charge in [-0.2, -0.15) is 0 Å². The van der Waals surface area contributed by atoms with Crippen LogP contribution in [0.1, 0.15) is 36.4 Å². The van der Waals surface area contributed by atoms with Crippen LogP contribution in [0.2, 0.25) is 5.02 Å². The van der Waals surface area contributed by atoms with Crippen LogP contribution >= 0.6 is 22.9 Å². The zero-order valence-corrected chi connectivity index (χ0v) is 12.1. The number of amides is 1. The highest BCUT2D eigenvalue weighted by atomic mass is 35.5. The monoisotopic (exact) mass is 281 g/mol. The Balaban J connectivity index is 2.30. The lowest BCUT2D eigenvalue weighted by molar-refractivity contribution is 0.0939. The maximum Gasteiger partial charge on any atom is 0.263 e. The number of carbonyl (C=O) groups excluding carboxylic acids is 1. The van der Waals surface area contributed by atoms with E-state index in [9.17, 15) is 4.79 Å². The lowest BCUT2D eigenvalue weighted by atomic mass is 10.1. The fraction of sp³-hybridized carbons (Fsp3) is 0.357. The molecule has 0 radical (unpaired) electrons. The summed E-state index contributed by atoms with van der Waals surface area (Å²) in [4.78, 5) is 12.8. The van der Waals surface area contributed by atoms with Crippen molar-refractivity contribution in [2.75, 3.05) is 0 Å². The van der Waals surface area contributed by atoms with Crippen LogP contribution in [0.3, 0.4) is 0 Å². The van der Waals surface area contributed by atoms with Gasteiger partial charge in [0.2, 0.25) is 0 Å². The summed E-state index contributed by atoms with van der Waals surface area (Å²) in [6.07, 6.45) is 1.87. The predicted molar refractivity (Wildman–Crippen MR) is 78.7 cm³/mol. The van der Waals surface area contributed by atoms with Gasteiger partial charge in [-0.05, 0) is 18.9 Å². The molecule has 0 atom stereocenters. The summed E-state index contributed by atoms with van der Waals surface area (Å²) < 4.78 is 1.05. The zero-order chi connectivity index (χ0) is 13.1. The van der Waals surface area contributed by atoms with Crippen molar-refractivity contribution in [2.24, 2.45) is 0 Å². The minimum Gasteiger partial charge on any atom is -0.349 e. The Morgan fingerprint density at radius 1 is 1.33 bits per heavy atom. The molecular formula is C14H16ClNOS. The number of halogens is 1. The molecule has 1 aromatic carbocycles.